The van der Waals surface area contributed by atoms with Crippen molar-refractivity contribution >= 4 is 12.2 Å². The molecule has 0 spiro atoms. The van der Waals surface area contributed by atoms with Crippen molar-refractivity contribution in [2.75, 3.05) is 7.05 Å². The van der Waals surface area contributed by atoms with E-state index in [-0.39, 0.29) is 6.04 Å². The summed E-state index contributed by atoms with van der Waals surface area (Å²) < 4.78 is 4.18. The Bertz CT molecular complexity index is 1130. The Morgan fingerprint density at radius 2 is 1.83 bits per heavy atom. The predicted octanol–water partition coefficient (Wildman–Crippen LogP) is 4.15. The van der Waals surface area contributed by atoms with Crippen LogP contribution in [0, 0.1) is 11.7 Å². The Morgan fingerprint density at radius 1 is 1.10 bits per heavy atom. The van der Waals surface area contributed by atoms with E-state index in [1.54, 1.807) is 11.0 Å². The standard InChI is InChI=1S/C21H23N7S/c1-15-4-6-18(7-5-15)20-24-21(29)28(25-20)14-26(3)16(2)17-8-10-19(11-9-17)27-13-22-12-23-27/h4-13,16H,14H2,1-3H3,(H,24,25,29)/t16-/m1/s1. The summed E-state index contributed by atoms with van der Waals surface area (Å²) in [7, 11) is 2.07. The highest BCUT2D eigenvalue weighted by Crippen LogP contribution is 2.21. The lowest BCUT2D eigenvalue weighted by molar-refractivity contribution is 0.195. The van der Waals surface area contributed by atoms with Gasteiger partial charge in [0.25, 0.3) is 0 Å². The molecule has 1 N–H and O–H groups in total. The predicted molar refractivity (Wildman–Crippen MR) is 115 cm³/mol. The summed E-state index contributed by atoms with van der Waals surface area (Å²) in [5, 5.41) is 7.49. The van der Waals surface area contributed by atoms with Crippen LogP contribution < -0.4 is 0 Å². The molecule has 4 aromatic rings. The average molecular weight is 406 g/mol. The van der Waals surface area contributed by atoms with E-state index in [1.807, 2.05) is 16.8 Å². The molecule has 0 saturated carbocycles. The van der Waals surface area contributed by atoms with E-state index in [4.69, 9.17) is 12.2 Å². The van der Waals surface area contributed by atoms with E-state index in [0.717, 1.165) is 17.1 Å². The third-order valence-corrected chi connectivity index (χ3v) is 5.40. The van der Waals surface area contributed by atoms with Crippen LogP contribution in [0.5, 0.6) is 0 Å². The lowest BCUT2D eigenvalue weighted by Gasteiger charge is -2.25. The molecule has 2 heterocycles. The number of nitrogens with one attached hydrogen (secondary N) is 1. The summed E-state index contributed by atoms with van der Waals surface area (Å²) in [6.07, 6.45) is 3.22. The second-order valence-corrected chi connectivity index (χ2v) is 7.52. The molecule has 0 aliphatic rings. The molecule has 8 heteroatoms. The fourth-order valence-corrected chi connectivity index (χ4v) is 3.33. The molecule has 0 unspecified atom stereocenters. The molecule has 1 atom stereocenters. The molecule has 4 rings (SSSR count). The van der Waals surface area contributed by atoms with Gasteiger partial charge in [0.15, 0.2) is 5.82 Å². The Balaban J connectivity index is 1.48. The van der Waals surface area contributed by atoms with Gasteiger partial charge in [0.05, 0.1) is 12.4 Å². The monoisotopic (exact) mass is 405 g/mol. The Hall–Kier alpha value is -3.10. The number of hydrogen-bond acceptors (Lipinski definition) is 5. The Kier molecular flexibility index (Phi) is 5.37. The number of benzene rings is 2. The van der Waals surface area contributed by atoms with Crippen molar-refractivity contribution in [1.82, 2.24) is 34.4 Å². The molecule has 29 heavy (non-hydrogen) atoms. The minimum atomic E-state index is 0.202. The van der Waals surface area contributed by atoms with E-state index in [9.17, 15) is 0 Å². The molecule has 0 saturated heterocycles. The molecule has 0 radical (unpaired) electrons. The Morgan fingerprint density at radius 3 is 2.48 bits per heavy atom. The molecule has 0 fully saturated rings. The lowest BCUT2D eigenvalue weighted by Crippen LogP contribution is -2.26. The minimum absolute atomic E-state index is 0.202. The first-order chi connectivity index (χ1) is 14.0. The van der Waals surface area contributed by atoms with Crippen LogP contribution in [0.25, 0.3) is 17.1 Å². The molecule has 2 aromatic carbocycles. The zero-order valence-electron chi connectivity index (χ0n) is 16.6. The number of aromatic amines is 1. The summed E-state index contributed by atoms with van der Waals surface area (Å²) >= 11 is 5.46. The van der Waals surface area contributed by atoms with Gasteiger partial charge < -0.3 is 0 Å². The summed E-state index contributed by atoms with van der Waals surface area (Å²) in [4.78, 5) is 10.7. The van der Waals surface area contributed by atoms with E-state index in [1.165, 1.54) is 17.5 Å². The number of rotatable bonds is 6. The minimum Gasteiger partial charge on any atom is -0.281 e. The third kappa shape index (κ3) is 4.18. The summed E-state index contributed by atoms with van der Waals surface area (Å²) in [6, 6.07) is 16.8. The highest BCUT2D eigenvalue weighted by atomic mass is 32.1. The second kappa shape index (κ2) is 8.10. The molecule has 0 aliphatic heterocycles. The zero-order valence-corrected chi connectivity index (χ0v) is 17.5. The Labute approximate surface area is 174 Å². The molecular formula is C21H23N7S. The van der Waals surface area contributed by atoms with Gasteiger partial charge in [-0.2, -0.15) is 10.1 Å². The average Bonchev–Trinajstić information content (AvgIpc) is 3.39. The highest BCUT2D eigenvalue weighted by molar-refractivity contribution is 7.71. The van der Waals surface area contributed by atoms with Crippen LogP contribution in [0.1, 0.15) is 24.1 Å². The molecular weight excluding hydrogens is 382 g/mol. The highest BCUT2D eigenvalue weighted by Gasteiger charge is 2.14. The fraction of sp³-hybridized carbons (Fsp3) is 0.238. The van der Waals surface area contributed by atoms with Gasteiger partial charge in [-0.3, -0.25) is 10.00 Å². The fourth-order valence-electron chi connectivity index (χ4n) is 3.14. The van der Waals surface area contributed by atoms with Crippen LogP contribution in [0.3, 0.4) is 0 Å². The van der Waals surface area contributed by atoms with Gasteiger partial charge in [-0.25, -0.2) is 14.3 Å². The van der Waals surface area contributed by atoms with Gasteiger partial charge in [-0.15, -0.1) is 0 Å². The van der Waals surface area contributed by atoms with Crippen molar-refractivity contribution in [2.24, 2.45) is 0 Å². The van der Waals surface area contributed by atoms with Crippen LogP contribution in [0.4, 0.5) is 0 Å². The number of aromatic nitrogens is 6. The third-order valence-electron chi connectivity index (χ3n) is 5.09. The maximum atomic E-state index is 5.46. The molecule has 0 amide bonds. The van der Waals surface area contributed by atoms with E-state index in [0.29, 0.717) is 11.4 Å². The zero-order chi connectivity index (χ0) is 20.4. The second-order valence-electron chi connectivity index (χ2n) is 7.15. The number of nitrogens with zero attached hydrogens (tertiary/aromatic N) is 6. The molecule has 7 nitrogen and oxygen atoms in total. The number of aryl methyl sites for hydroxylation is 1. The van der Waals surface area contributed by atoms with Gasteiger partial charge in [0.1, 0.15) is 12.7 Å². The summed E-state index contributed by atoms with van der Waals surface area (Å²) in [6.45, 7) is 4.86. The first-order valence-corrected chi connectivity index (χ1v) is 9.81. The van der Waals surface area contributed by atoms with Gasteiger partial charge in [0.2, 0.25) is 4.77 Å². The van der Waals surface area contributed by atoms with Gasteiger partial charge in [0, 0.05) is 11.6 Å². The normalized spacial score (nSPS) is 12.4. The van der Waals surface area contributed by atoms with E-state index in [2.05, 4.69) is 82.4 Å². The van der Waals surface area contributed by atoms with Crippen molar-refractivity contribution in [3.05, 3.63) is 77.1 Å². The van der Waals surface area contributed by atoms with Gasteiger partial charge in [-0.1, -0.05) is 42.0 Å². The maximum Gasteiger partial charge on any atom is 0.217 e. The van der Waals surface area contributed by atoms with E-state index < -0.39 is 0 Å². The molecule has 0 bridgehead atoms. The first kappa shape index (κ1) is 19.2. The number of H-pyrrole nitrogens is 1. The van der Waals surface area contributed by atoms with Gasteiger partial charge in [-0.05, 0) is 50.8 Å². The topological polar surface area (TPSA) is 67.6 Å². The lowest BCUT2D eigenvalue weighted by atomic mass is 10.1. The van der Waals surface area contributed by atoms with Gasteiger partial charge >= 0.3 is 0 Å². The van der Waals surface area contributed by atoms with Crippen LogP contribution in [-0.2, 0) is 6.67 Å². The van der Waals surface area contributed by atoms with Crippen LogP contribution >= 0.6 is 12.2 Å². The molecule has 0 aliphatic carbocycles. The van der Waals surface area contributed by atoms with Crippen LogP contribution in [0.2, 0.25) is 0 Å². The van der Waals surface area contributed by atoms with E-state index >= 15 is 0 Å². The van der Waals surface area contributed by atoms with Crippen LogP contribution in [0.15, 0.2) is 61.2 Å². The van der Waals surface area contributed by atoms with Crippen molar-refractivity contribution < 1.29 is 0 Å². The smallest absolute Gasteiger partial charge is 0.217 e. The first-order valence-electron chi connectivity index (χ1n) is 9.40. The maximum absolute atomic E-state index is 5.46. The number of hydrogen-bond donors (Lipinski definition) is 1. The van der Waals surface area contributed by atoms with Crippen LogP contribution in [-0.4, -0.2) is 41.5 Å². The summed E-state index contributed by atoms with van der Waals surface area (Å²) in [5.74, 6) is 0.785. The van der Waals surface area contributed by atoms with Crippen molar-refractivity contribution in [1.29, 1.82) is 0 Å². The SMILES string of the molecule is Cc1ccc(-c2nc(=S)n(CN(C)[C@H](C)c3ccc(-n4cncn4)cc3)[nH]2)cc1. The largest absolute Gasteiger partial charge is 0.281 e. The molecule has 2 aromatic heterocycles. The summed E-state index contributed by atoms with van der Waals surface area (Å²) in [5.41, 5.74) is 4.44. The molecule has 148 valence electrons. The van der Waals surface area contributed by atoms with Crippen molar-refractivity contribution in [2.45, 2.75) is 26.6 Å². The van der Waals surface area contributed by atoms with Crippen molar-refractivity contribution in [3.63, 3.8) is 0 Å². The quantitative estimate of drug-likeness (QED) is 0.488. The van der Waals surface area contributed by atoms with Crippen molar-refractivity contribution in [3.8, 4) is 17.1 Å².